The number of ether oxygens (including phenoxy) is 1. The van der Waals surface area contributed by atoms with Crippen molar-refractivity contribution in [3.8, 4) is 0 Å². The molecule has 0 aromatic heterocycles. The van der Waals surface area contributed by atoms with Crippen LogP contribution in [0.5, 0.6) is 0 Å². The maximum absolute atomic E-state index is 11.6. The van der Waals surface area contributed by atoms with E-state index in [2.05, 4.69) is 13.0 Å². The molecular formula is C13H23NO2. The van der Waals surface area contributed by atoms with E-state index in [0.717, 1.165) is 25.9 Å². The van der Waals surface area contributed by atoms with E-state index in [1.807, 2.05) is 11.0 Å². The van der Waals surface area contributed by atoms with Crippen molar-refractivity contribution in [1.29, 1.82) is 0 Å². The van der Waals surface area contributed by atoms with Gasteiger partial charge >= 0.3 is 0 Å². The van der Waals surface area contributed by atoms with E-state index in [1.165, 1.54) is 12.8 Å². The minimum atomic E-state index is 0.296. The summed E-state index contributed by atoms with van der Waals surface area (Å²) in [6, 6.07) is 0. The summed E-state index contributed by atoms with van der Waals surface area (Å²) < 4.78 is 5.39. The fourth-order valence-corrected chi connectivity index (χ4v) is 1.84. The van der Waals surface area contributed by atoms with Crippen LogP contribution >= 0.6 is 0 Å². The van der Waals surface area contributed by atoms with Crippen molar-refractivity contribution in [3.05, 3.63) is 12.2 Å². The molecule has 0 radical (unpaired) electrons. The Labute approximate surface area is 98.5 Å². The van der Waals surface area contributed by atoms with Gasteiger partial charge in [-0.2, -0.15) is 0 Å². The van der Waals surface area contributed by atoms with Crippen LogP contribution in [0.4, 0.5) is 0 Å². The number of hydrogen-bond donors (Lipinski definition) is 0. The Morgan fingerprint density at radius 1 is 1.31 bits per heavy atom. The highest BCUT2D eigenvalue weighted by Gasteiger charge is 2.16. The van der Waals surface area contributed by atoms with Crippen molar-refractivity contribution >= 4 is 5.91 Å². The van der Waals surface area contributed by atoms with Gasteiger partial charge < -0.3 is 9.64 Å². The third-order valence-corrected chi connectivity index (χ3v) is 2.75. The Morgan fingerprint density at radius 2 is 2.06 bits per heavy atom. The largest absolute Gasteiger partial charge is 0.377 e. The third kappa shape index (κ3) is 5.31. The average Bonchev–Trinajstić information content (AvgIpc) is 2.81. The molecule has 92 valence electrons. The molecule has 1 amide bonds. The van der Waals surface area contributed by atoms with Crippen LogP contribution in [0.15, 0.2) is 12.2 Å². The Morgan fingerprint density at radius 3 is 2.75 bits per heavy atom. The smallest absolute Gasteiger partial charge is 0.222 e. The first-order chi connectivity index (χ1) is 7.84. The molecule has 0 atom stereocenters. The molecule has 3 heteroatoms. The van der Waals surface area contributed by atoms with Gasteiger partial charge in [0.2, 0.25) is 5.91 Å². The van der Waals surface area contributed by atoms with Gasteiger partial charge in [-0.15, -0.1) is 0 Å². The molecule has 0 aromatic carbocycles. The summed E-state index contributed by atoms with van der Waals surface area (Å²) in [5.74, 6) is 0.296. The molecule has 1 aliphatic heterocycles. The van der Waals surface area contributed by atoms with Crippen molar-refractivity contribution in [2.75, 3.05) is 26.3 Å². The number of carbonyl (C=O) groups excluding carboxylic acids is 1. The highest BCUT2D eigenvalue weighted by molar-refractivity contribution is 5.76. The van der Waals surface area contributed by atoms with E-state index in [4.69, 9.17) is 4.74 Å². The second-order valence-electron chi connectivity index (χ2n) is 4.15. The van der Waals surface area contributed by atoms with Crippen LogP contribution in [0.1, 0.15) is 39.0 Å². The molecule has 1 rings (SSSR count). The van der Waals surface area contributed by atoms with Gasteiger partial charge in [0, 0.05) is 26.1 Å². The normalized spacial score (nSPS) is 16.2. The Bertz CT molecular complexity index is 220. The fraction of sp³-hybridized carbons (Fsp3) is 0.769. The van der Waals surface area contributed by atoms with Gasteiger partial charge in [0.15, 0.2) is 0 Å². The summed E-state index contributed by atoms with van der Waals surface area (Å²) in [6.45, 7) is 5.38. The molecule has 1 heterocycles. The lowest BCUT2D eigenvalue weighted by molar-refractivity contribution is -0.130. The van der Waals surface area contributed by atoms with Crippen molar-refractivity contribution in [2.45, 2.75) is 39.0 Å². The molecule has 1 fully saturated rings. The summed E-state index contributed by atoms with van der Waals surface area (Å²) in [4.78, 5) is 13.6. The minimum Gasteiger partial charge on any atom is -0.377 e. The van der Waals surface area contributed by atoms with Crippen molar-refractivity contribution in [2.24, 2.45) is 0 Å². The lowest BCUT2D eigenvalue weighted by atomic mass is 10.3. The zero-order chi connectivity index (χ0) is 11.6. The van der Waals surface area contributed by atoms with Crippen LogP contribution in [0.3, 0.4) is 0 Å². The number of allylic oxidation sites excluding steroid dienone is 1. The molecule has 0 N–H and O–H groups in total. The van der Waals surface area contributed by atoms with Gasteiger partial charge in [0.25, 0.3) is 0 Å². The zero-order valence-electron chi connectivity index (χ0n) is 10.3. The van der Waals surface area contributed by atoms with Crippen LogP contribution in [0.2, 0.25) is 0 Å². The Kier molecular flexibility index (Phi) is 6.90. The lowest BCUT2D eigenvalue weighted by Crippen LogP contribution is -2.27. The zero-order valence-corrected chi connectivity index (χ0v) is 10.3. The van der Waals surface area contributed by atoms with Gasteiger partial charge in [0.05, 0.1) is 6.61 Å². The number of nitrogens with zero attached hydrogens (tertiary/aromatic N) is 1. The van der Waals surface area contributed by atoms with Gasteiger partial charge in [-0.25, -0.2) is 0 Å². The van der Waals surface area contributed by atoms with Crippen LogP contribution < -0.4 is 0 Å². The number of amides is 1. The summed E-state index contributed by atoms with van der Waals surface area (Å²) in [6.07, 6.45) is 9.00. The number of likely N-dealkylation sites (tertiary alicyclic amines) is 1. The van der Waals surface area contributed by atoms with Crippen LogP contribution in [-0.2, 0) is 9.53 Å². The molecule has 0 saturated carbocycles. The average molecular weight is 225 g/mol. The SMILES string of the molecule is CC/C=C/COCCCC(=O)N1CCCC1. The van der Waals surface area contributed by atoms with Gasteiger partial charge in [-0.05, 0) is 25.7 Å². The molecule has 1 aliphatic rings. The van der Waals surface area contributed by atoms with E-state index < -0.39 is 0 Å². The van der Waals surface area contributed by atoms with Crippen LogP contribution in [-0.4, -0.2) is 37.1 Å². The molecular weight excluding hydrogens is 202 g/mol. The molecule has 3 nitrogen and oxygen atoms in total. The fourth-order valence-electron chi connectivity index (χ4n) is 1.84. The van der Waals surface area contributed by atoms with E-state index in [1.54, 1.807) is 0 Å². The minimum absolute atomic E-state index is 0.296. The van der Waals surface area contributed by atoms with Crippen LogP contribution in [0, 0.1) is 0 Å². The first-order valence-electron chi connectivity index (χ1n) is 6.35. The molecule has 0 spiro atoms. The van der Waals surface area contributed by atoms with Gasteiger partial charge in [-0.1, -0.05) is 19.1 Å². The second kappa shape index (κ2) is 8.34. The van der Waals surface area contributed by atoms with E-state index in [9.17, 15) is 4.79 Å². The predicted molar refractivity (Wildman–Crippen MR) is 65.3 cm³/mol. The highest BCUT2D eigenvalue weighted by atomic mass is 16.5. The van der Waals surface area contributed by atoms with Crippen molar-refractivity contribution in [3.63, 3.8) is 0 Å². The highest BCUT2D eigenvalue weighted by Crippen LogP contribution is 2.09. The van der Waals surface area contributed by atoms with Gasteiger partial charge in [0.1, 0.15) is 0 Å². The Balaban J connectivity index is 1.94. The summed E-state index contributed by atoms with van der Waals surface area (Å²) >= 11 is 0. The molecule has 0 unspecified atom stereocenters. The lowest BCUT2D eigenvalue weighted by Gasteiger charge is -2.14. The van der Waals surface area contributed by atoms with Crippen molar-refractivity contribution in [1.82, 2.24) is 4.90 Å². The monoisotopic (exact) mass is 225 g/mol. The summed E-state index contributed by atoms with van der Waals surface area (Å²) in [7, 11) is 0. The summed E-state index contributed by atoms with van der Waals surface area (Å²) in [5.41, 5.74) is 0. The first kappa shape index (κ1) is 13.2. The molecule has 0 aliphatic carbocycles. The number of carbonyl (C=O) groups is 1. The molecule has 0 bridgehead atoms. The topological polar surface area (TPSA) is 29.5 Å². The van der Waals surface area contributed by atoms with E-state index in [-0.39, 0.29) is 0 Å². The molecule has 0 aromatic rings. The molecule has 16 heavy (non-hydrogen) atoms. The quantitative estimate of drug-likeness (QED) is 0.492. The number of hydrogen-bond acceptors (Lipinski definition) is 2. The standard InChI is InChI=1S/C13H23NO2/c1-2-3-6-11-16-12-7-8-13(15)14-9-4-5-10-14/h3,6H,2,4-5,7-12H2,1H3/b6-3+. The van der Waals surface area contributed by atoms with Gasteiger partial charge in [-0.3, -0.25) is 4.79 Å². The van der Waals surface area contributed by atoms with Crippen LogP contribution in [0.25, 0.3) is 0 Å². The van der Waals surface area contributed by atoms with Crippen molar-refractivity contribution < 1.29 is 9.53 Å². The third-order valence-electron chi connectivity index (χ3n) is 2.75. The Hall–Kier alpha value is -0.830. The predicted octanol–water partition coefficient (Wildman–Crippen LogP) is 2.37. The number of rotatable bonds is 7. The summed E-state index contributed by atoms with van der Waals surface area (Å²) in [5, 5.41) is 0. The first-order valence-corrected chi connectivity index (χ1v) is 6.35. The van der Waals surface area contributed by atoms with E-state index in [0.29, 0.717) is 25.5 Å². The maximum atomic E-state index is 11.6. The molecule has 1 saturated heterocycles. The van der Waals surface area contributed by atoms with E-state index >= 15 is 0 Å². The second-order valence-corrected chi connectivity index (χ2v) is 4.15. The maximum Gasteiger partial charge on any atom is 0.222 e.